The van der Waals surface area contributed by atoms with E-state index < -0.39 is 0 Å². The van der Waals surface area contributed by atoms with Crippen LogP contribution in [0.3, 0.4) is 0 Å². The summed E-state index contributed by atoms with van der Waals surface area (Å²) in [6, 6.07) is 1.97. The Kier molecular flexibility index (Phi) is 3.26. The van der Waals surface area contributed by atoms with Crippen molar-refractivity contribution in [1.82, 2.24) is 5.32 Å². The first-order valence-corrected chi connectivity index (χ1v) is 5.79. The van der Waals surface area contributed by atoms with Gasteiger partial charge in [-0.05, 0) is 31.5 Å². The van der Waals surface area contributed by atoms with E-state index in [0.29, 0.717) is 16.7 Å². The number of phenolic OH excluding ortho intramolecular Hbond substituents is 1. The number of aryl methyl sites for hydroxylation is 1. The Bertz CT molecular complexity index is 400. The third-order valence-corrected chi connectivity index (χ3v) is 3.47. The van der Waals surface area contributed by atoms with Crippen LogP contribution in [-0.4, -0.2) is 25.3 Å². The summed E-state index contributed by atoms with van der Waals surface area (Å²) in [5.41, 5.74) is 1.89. The van der Waals surface area contributed by atoms with E-state index in [0.717, 1.165) is 30.6 Å². The Morgan fingerprint density at radius 3 is 2.88 bits per heavy atom. The highest BCUT2D eigenvalue weighted by atomic mass is 35.5. The van der Waals surface area contributed by atoms with Crippen molar-refractivity contribution in [2.45, 2.75) is 19.3 Å². The van der Waals surface area contributed by atoms with E-state index in [1.165, 1.54) is 0 Å². The number of halogens is 1. The molecule has 2 N–H and O–H groups in total. The van der Waals surface area contributed by atoms with Gasteiger partial charge >= 0.3 is 0 Å². The van der Waals surface area contributed by atoms with Crippen LogP contribution >= 0.6 is 11.6 Å². The van der Waals surface area contributed by atoms with Gasteiger partial charge in [0.1, 0.15) is 16.5 Å². The van der Waals surface area contributed by atoms with Crippen LogP contribution < -0.4 is 10.1 Å². The molecule has 0 bridgehead atoms. The number of aromatic hydroxyl groups is 1. The second-order valence-electron chi connectivity index (χ2n) is 4.17. The molecule has 1 aliphatic rings. The number of ether oxygens (including phenoxy) is 1. The highest BCUT2D eigenvalue weighted by Gasteiger charge is 2.24. The molecule has 2 rings (SSSR count). The molecule has 88 valence electrons. The number of methoxy groups -OCH3 is 1. The summed E-state index contributed by atoms with van der Waals surface area (Å²) < 4.78 is 5.30. The highest BCUT2D eigenvalue weighted by Crippen LogP contribution is 2.42. The minimum Gasteiger partial charge on any atom is -0.506 e. The van der Waals surface area contributed by atoms with E-state index in [4.69, 9.17) is 16.3 Å². The summed E-state index contributed by atoms with van der Waals surface area (Å²) in [7, 11) is 1.59. The van der Waals surface area contributed by atoms with E-state index in [1.807, 2.05) is 13.0 Å². The monoisotopic (exact) mass is 241 g/mol. The van der Waals surface area contributed by atoms with Gasteiger partial charge in [0.2, 0.25) is 0 Å². The first-order valence-electron chi connectivity index (χ1n) is 5.41. The second kappa shape index (κ2) is 4.52. The van der Waals surface area contributed by atoms with Crippen molar-refractivity contribution in [2.24, 2.45) is 0 Å². The number of hydrogen-bond donors (Lipinski definition) is 2. The summed E-state index contributed by atoms with van der Waals surface area (Å²) in [6.07, 6.45) is 1.08. The fourth-order valence-electron chi connectivity index (χ4n) is 2.21. The van der Waals surface area contributed by atoms with E-state index >= 15 is 0 Å². The Hall–Kier alpha value is -0.930. The van der Waals surface area contributed by atoms with Crippen molar-refractivity contribution < 1.29 is 9.84 Å². The molecule has 1 saturated heterocycles. The lowest BCUT2D eigenvalue weighted by Crippen LogP contribution is -2.09. The molecule has 1 aromatic carbocycles. The molecule has 0 aromatic heterocycles. The van der Waals surface area contributed by atoms with Crippen molar-refractivity contribution >= 4 is 11.6 Å². The molecular formula is C12H16ClNO2. The molecule has 1 fully saturated rings. The van der Waals surface area contributed by atoms with E-state index in [9.17, 15) is 5.11 Å². The third kappa shape index (κ3) is 1.85. The Morgan fingerprint density at radius 1 is 1.56 bits per heavy atom. The van der Waals surface area contributed by atoms with Gasteiger partial charge in [-0.1, -0.05) is 11.6 Å². The Morgan fingerprint density at radius 2 is 2.31 bits per heavy atom. The average Bonchev–Trinajstić information content (AvgIpc) is 2.79. The minimum atomic E-state index is 0.119. The molecule has 3 nitrogen and oxygen atoms in total. The van der Waals surface area contributed by atoms with Gasteiger partial charge in [0.25, 0.3) is 0 Å². The molecule has 16 heavy (non-hydrogen) atoms. The van der Waals surface area contributed by atoms with E-state index in [1.54, 1.807) is 7.11 Å². The molecule has 1 unspecified atom stereocenters. The topological polar surface area (TPSA) is 41.5 Å². The van der Waals surface area contributed by atoms with Crippen LogP contribution in [0.25, 0.3) is 0 Å². The fourth-order valence-corrected chi connectivity index (χ4v) is 2.54. The quantitative estimate of drug-likeness (QED) is 0.836. The normalized spacial score (nSPS) is 20.1. The van der Waals surface area contributed by atoms with Gasteiger partial charge < -0.3 is 15.2 Å². The molecule has 4 heteroatoms. The lowest BCUT2D eigenvalue weighted by molar-refractivity contribution is 0.399. The predicted octanol–water partition coefficient (Wildman–Crippen LogP) is 2.44. The summed E-state index contributed by atoms with van der Waals surface area (Å²) in [5, 5.41) is 13.4. The minimum absolute atomic E-state index is 0.119. The molecule has 0 spiro atoms. The van der Waals surface area contributed by atoms with Crippen LogP contribution in [0.1, 0.15) is 23.5 Å². The SMILES string of the molecule is COc1c(C2CCNC2)cc(C)c(O)c1Cl. The zero-order valence-corrected chi connectivity index (χ0v) is 10.3. The lowest BCUT2D eigenvalue weighted by atomic mass is 9.95. The van der Waals surface area contributed by atoms with Gasteiger partial charge in [-0.2, -0.15) is 0 Å². The number of benzene rings is 1. The fraction of sp³-hybridized carbons (Fsp3) is 0.500. The largest absolute Gasteiger partial charge is 0.506 e. The predicted molar refractivity (Wildman–Crippen MR) is 64.6 cm³/mol. The molecule has 1 atom stereocenters. The second-order valence-corrected chi connectivity index (χ2v) is 4.55. The molecule has 0 radical (unpaired) electrons. The van der Waals surface area contributed by atoms with Gasteiger partial charge in [0.15, 0.2) is 0 Å². The summed E-state index contributed by atoms with van der Waals surface area (Å²) in [5.74, 6) is 1.15. The van der Waals surface area contributed by atoms with Crippen molar-refractivity contribution in [3.63, 3.8) is 0 Å². The van der Waals surface area contributed by atoms with E-state index in [2.05, 4.69) is 5.32 Å². The van der Waals surface area contributed by atoms with Gasteiger partial charge in [-0.25, -0.2) is 0 Å². The van der Waals surface area contributed by atoms with Crippen LogP contribution in [0.5, 0.6) is 11.5 Å². The maximum Gasteiger partial charge on any atom is 0.144 e. The average molecular weight is 242 g/mol. The van der Waals surface area contributed by atoms with Crippen LogP contribution in [0.2, 0.25) is 5.02 Å². The maximum absolute atomic E-state index is 9.76. The molecule has 1 aromatic rings. The maximum atomic E-state index is 9.76. The number of rotatable bonds is 2. The van der Waals surface area contributed by atoms with Gasteiger partial charge in [-0.15, -0.1) is 0 Å². The smallest absolute Gasteiger partial charge is 0.144 e. The molecule has 0 saturated carbocycles. The first-order chi connectivity index (χ1) is 7.65. The molecule has 0 aliphatic carbocycles. The Labute approximate surface area is 100 Å². The number of phenols is 1. The number of hydrogen-bond acceptors (Lipinski definition) is 3. The van der Waals surface area contributed by atoms with Crippen LogP contribution in [-0.2, 0) is 0 Å². The Balaban J connectivity index is 2.50. The molecule has 0 amide bonds. The summed E-state index contributed by atoms with van der Waals surface area (Å²) in [4.78, 5) is 0. The van der Waals surface area contributed by atoms with Gasteiger partial charge in [-0.3, -0.25) is 0 Å². The standard InChI is InChI=1S/C12H16ClNO2/c1-7-5-9(8-3-4-14-6-8)12(16-2)10(13)11(7)15/h5,8,14-15H,3-4,6H2,1-2H3. The number of nitrogens with one attached hydrogen (secondary N) is 1. The van der Waals surface area contributed by atoms with Gasteiger partial charge in [0.05, 0.1) is 7.11 Å². The zero-order valence-electron chi connectivity index (χ0n) is 9.51. The first kappa shape index (κ1) is 11.6. The van der Waals surface area contributed by atoms with Crippen LogP contribution in [0.15, 0.2) is 6.07 Å². The summed E-state index contributed by atoms with van der Waals surface area (Å²) in [6.45, 7) is 3.81. The van der Waals surface area contributed by atoms with E-state index in [-0.39, 0.29) is 5.75 Å². The third-order valence-electron chi connectivity index (χ3n) is 3.12. The summed E-state index contributed by atoms with van der Waals surface area (Å²) >= 11 is 6.09. The molecule has 1 heterocycles. The van der Waals surface area contributed by atoms with Crippen molar-refractivity contribution in [3.05, 3.63) is 22.2 Å². The molecule has 1 aliphatic heterocycles. The zero-order chi connectivity index (χ0) is 11.7. The van der Waals surface area contributed by atoms with Crippen molar-refractivity contribution in [2.75, 3.05) is 20.2 Å². The molecular weight excluding hydrogens is 226 g/mol. The lowest BCUT2D eigenvalue weighted by Gasteiger charge is -2.17. The van der Waals surface area contributed by atoms with Crippen LogP contribution in [0, 0.1) is 6.92 Å². The van der Waals surface area contributed by atoms with Crippen molar-refractivity contribution in [3.8, 4) is 11.5 Å². The highest BCUT2D eigenvalue weighted by molar-refractivity contribution is 6.33. The van der Waals surface area contributed by atoms with Crippen molar-refractivity contribution in [1.29, 1.82) is 0 Å². The van der Waals surface area contributed by atoms with Gasteiger partial charge in [0, 0.05) is 18.0 Å². The van der Waals surface area contributed by atoms with Crippen LogP contribution in [0.4, 0.5) is 0 Å².